The van der Waals surface area contributed by atoms with Crippen molar-refractivity contribution in [3.05, 3.63) is 64.2 Å². The zero-order valence-electron chi connectivity index (χ0n) is 21.4. The Morgan fingerprint density at radius 2 is 1.95 bits per heavy atom. The van der Waals surface area contributed by atoms with Gasteiger partial charge in [-0.2, -0.15) is 13.2 Å². The fourth-order valence-electron chi connectivity index (χ4n) is 5.87. The number of amidine groups is 1. The summed E-state index contributed by atoms with van der Waals surface area (Å²) in [6.07, 6.45) is -1.59. The number of anilines is 1. The van der Waals surface area contributed by atoms with Crippen molar-refractivity contribution in [2.24, 2.45) is 0 Å². The number of carbonyl (C=O) groups excluding carboxylic acids is 1. The third-order valence-corrected chi connectivity index (χ3v) is 8.43. The Balaban J connectivity index is 1.48. The van der Waals surface area contributed by atoms with Gasteiger partial charge >= 0.3 is 6.18 Å². The molecule has 0 spiro atoms. The predicted octanol–water partition coefficient (Wildman–Crippen LogP) is 5.78. The number of carbonyl (C=O) groups is 1. The molecule has 0 radical (unpaired) electrons. The number of amides is 1. The van der Waals surface area contributed by atoms with Crippen LogP contribution >= 0.6 is 0 Å². The fraction of sp³-hybridized carbons (Fsp3) is 0.464. The number of rotatable bonds is 7. The zero-order valence-corrected chi connectivity index (χ0v) is 21.4. The monoisotopic (exact) mass is 529 g/mol. The van der Waals surface area contributed by atoms with E-state index in [2.05, 4.69) is 5.32 Å². The Morgan fingerprint density at radius 3 is 2.53 bits per heavy atom. The second kappa shape index (κ2) is 9.18. The molecule has 0 bridgehead atoms. The quantitative estimate of drug-likeness (QED) is 0.241. The van der Waals surface area contributed by atoms with Crippen molar-refractivity contribution in [1.29, 1.82) is 10.8 Å². The highest BCUT2D eigenvalue weighted by atomic mass is 19.4. The molecule has 6 nitrogen and oxygen atoms in total. The summed E-state index contributed by atoms with van der Waals surface area (Å²) in [6, 6.07) is 9.41. The van der Waals surface area contributed by atoms with Crippen LogP contribution < -0.4 is 10.2 Å². The number of fused-ring (bicyclic) bond motifs is 1. The van der Waals surface area contributed by atoms with E-state index in [9.17, 15) is 22.4 Å². The molecule has 1 aliphatic heterocycles. The maximum Gasteiger partial charge on any atom is 0.416 e. The van der Waals surface area contributed by atoms with Crippen LogP contribution in [-0.4, -0.2) is 41.7 Å². The molecule has 0 saturated heterocycles. The van der Waals surface area contributed by atoms with Crippen molar-refractivity contribution < 1.29 is 22.4 Å². The van der Waals surface area contributed by atoms with Gasteiger partial charge in [-0.15, -0.1) is 0 Å². The van der Waals surface area contributed by atoms with Crippen molar-refractivity contribution in [1.82, 2.24) is 10.2 Å². The molecule has 2 fully saturated rings. The molecule has 10 heteroatoms. The van der Waals surface area contributed by atoms with Gasteiger partial charge in [0, 0.05) is 30.4 Å². The Morgan fingerprint density at radius 1 is 1.24 bits per heavy atom. The van der Waals surface area contributed by atoms with E-state index in [4.69, 9.17) is 10.8 Å². The largest absolute Gasteiger partial charge is 0.416 e. The Hall–Kier alpha value is -3.27. The van der Waals surface area contributed by atoms with Gasteiger partial charge in [-0.1, -0.05) is 12.1 Å². The maximum atomic E-state index is 14.1. The molecule has 0 unspecified atom stereocenters. The summed E-state index contributed by atoms with van der Waals surface area (Å²) < 4.78 is 56.4. The average molecular weight is 530 g/mol. The van der Waals surface area contributed by atoms with Gasteiger partial charge in [-0.05, 0) is 80.0 Å². The number of benzene rings is 2. The van der Waals surface area contributed by atoms with Crippen molar-refractivity contribution in [3.63, 3.8) is 0 Å². The standard InChI is InChI=1S/C28H31F4N5O/c1-26(7-4-8-26)35-14-17-9-21-22(23(10-17)28(30,31)32)15-37(24(21)38)20-6-3-5-18(11-20)27(12-19(29)13-27)25(34)36(2)16-33/h3,5-6,9-11,16,19,33-35H,4,7-8,12-15H2,1-2H3. The van der Waals surface area contributed by atoms with E-state index in [1.54, 1.807) is 37.4 Å². The van der Waals surface area contributed by atoms with Crippen molar-refractivity contribution >= 4 is 23.8 Å². The number of alkyl halides is 4. The molecule has 3 N–H and O–H groups in total. The first-order chi connectivity index (χ1) is 17.9. The van der Waals surface area contributed by atoms with Crippen LogP contribution in [0.2, 0.25) is 0 Å². The van der Waals surface area contributed by atoms with E-state index in [1.807, 2.05) is 6.92 Å². The van der Waals surface area contributed by atoms with Gasteiger partial charge in [-0.3, -0.25) is 15.6 Å². The molecule has 5 rings (SSSR count). The maximum absolute atomic E-state index is 14.1. The minimum Gasteiger partial charge on any atom is -0.324 e. The van der Waals surface area contributed by atoms with E-state index in [-0.39, 0.29) is 48.4 Å². The van der Waals surface area contributed by atoms with Gasteiger partial charge in [0.2, 0.25) is 0 Å². The van der Waals surface area contributed by atoms with Gasteiger partial charge in [0.15, 0.2) is 0 Å². The predicted molar refractivity (Wildman–Crippen MR) is 138 cm³/mol. The fourth-order valence-corrected chi connectivity index (χ4v) is 5.87. The van der Waals surface area contributed by atoms with Gasteiger partial charge in [0.1, 0.15) is 12.0 Å². The summed E-state index contributed by atoms with van der Waals surface area (Å²) in [6.45, 7) is 2.06. The third kappa shape index (κ3) is 4.38. The summed E-state index contributed by atoms with van der Waals surface area (Å²) >= 11 is 0. The molecule has 3 aliphatic rings. The van der Waals surface area contributed by atoms with Crippen LogP contribution in [0.3, 0.4) is 0 Å². The average Bonchev–Trinajstić information content (AvgIpc) is 3.18. The Kier molecular flexibility index (Phi) is 6.37. The van der Waals surface area contributed by atoms with Crippen molar-refractivity contribution in [2.45, 2.75) is 75.4 Å². The second-order valence-electron chi connectivity index (χ2n) is 11.1. The van der Waals surface area contributed by atoms with Crippen LogP contribution in [0.15, 0.2) is 36.4 Å². The van der Waals surface area contributed by atoms with Gasteiger partial charge in [0.05, 0.1) is 23.9 Å². The van der Waals surface area contributed by atoms with Crippen LogP contribution in [-0.2, 0) is 24.7 Å². The highest BCUT2D eigenvalue weighted by Crippen LogP contribution is 2.48. The molecule has 38 heavy (non-hydrogen) atoms. The highest BCUT2D eigenvalue weighted by Gasteiger charge is 2.51. The molecule has 1 heterocycles. The van der Waals surface area contributed by atoms with Crippen LogP contribution in [0.4, 0.5) is 23.2 Å². The molecule has 0 atom stereocenters. The molecule has 0 aromatic heterocycles. The molecule has 2 saturated carbocycles. The first kappa shape index (κ1) is 26.3. The van der Waals surface area contributed by atoms with Crippen LogP contribution in [0.25, 0.3) is 0 Å². The summed E-state index contributed by atoms with van der Waals surface area (Å²) in [7, 11) is 1.55. The molecule has 2 aromatic carbocycles. The first-order valence-corrected chi connectivity index (χ1v) is 12.7. The van der Waals surface area contributed by atoms with Gasteiger partial charge in [-0.25, -0.2) is 4.39 Å². The van der Waals surface area contributed by atoms with E-state index in [0.717, 1.165) is 31.7 Å². The van der Waals surface area contributed by atoms with Crippen LogP contribution in [0, 0.1) is 10.8 Å². The smallest absolute Gasteiger partial charge is 0.324 e. The molecule has 2 aliphatic carbocycles. The molecular weight excluding hydrogens is 498 g/mol. The zero-order chi connectivity index (χ0) is 27.5. The Bertz CT molecular complexity index is 1300. The summed E-state index contributed by atoms with van der Waals surface area (Å²) in [5.74, 6) is -0.455. The molecule has 202 valence electrons. The second-order valence-corrected chi connectivity index (χ2v) is 11.1. The third-order valence-electron chi connectivity index (χ3n) is 8.43. The number of hydrogen-bond donors (Lipinski definition) is 3. The lowest BCUT2D eigenvalue weighted by molar-refractivity contribution is -0.138. The number of nitrogens with zero attached hydrogens (tertiary/aromatic N) is 2. The lowest BCUT2D eigenvalue weighted by Crippen LogP contribution is -2.53. The van der Waals surface area contributed by atoms with Gasteiger partial charge < -0.3 is 15.1 Å². The molecular formula is C28H31F4N5O. The first-order valence-electron chi connectivity index (χ1n) is 12.7. The van der Waals surface area contributed by atoms with Crippen LogP contribution in [0.5, 0.6) is 0 Å². The van der Waals surface area contributed by atoms with Crippen molar-refractivity contribution in [2.75, 3.05) is 11.9 Å². The van der Waals surface area contributed by atoms with E-state index >= 15 is 0 Å². The Labute approximate surface area is 219 Å². The summed E-state index contributed by atoms with van der Waals surface area (Å²) in [5, 5.41) is 19.4. The minimum absolute atomic E-state index is 0.0410. The minimum atomic E-state index is -4.61. The van der Waals surface area contributed by atoms with Crippen molar-refractivity contribution in [3.8, 4) is 0 Å². The highest BCUT2D eigenvalue weighted by molar-refractivity contribution is 6.10. The normalized spacial score (nSPS) is 23.9. The summed E-state index contributed by atoms with van der Waals surface area (Å²) in [5.41, 5.74) is -0.467. The van der Waals surface area contributed by atoms with E-state index < -0.39 is 29.2 Å². The van der Waals surface area contributed by atoms with Gasteiger partial charge in [0.25, 0.3) is 5.91 Å². The number of halogens is 4. The number of nitrogens with one attached hydrogen (secondary N) is 3. The number of likely N-dealkylation sites (N-methyl/N-ethyl adjacent to an activating group) is 1. The summed E-state index contributed by atoms with van der Waals surface area (Å²) in [4.78, 5) is 16.1. The van der Waals surface area contributed by atoms with Crippen LogP contribution in [0.1, 0.15) is 71.6 Å². The molecule has 2 aromatic rings. The molecule has 1 amide bonds. The lowest BCUT2D eigenvalue weighted by Gasteiger charge is -2.46. The lowest BCUT2D eigenvalue weighted by atomic mass is 9.62. The SMILES string of the molecule is CN(C=N)C(=N)C1(c2cccc(N3Cc4c(cc(CNC5(C)CCC5)cc4C(F)(F)F)C3=O)c2)CC(F)C1. The topological polar surface area (TPSA) is 83.3 Å². The van der Waals surface area contributed by atoms with E-state index in [1.165, 1.54) is 9.80 Å². The van der Waals surface area contributed by atoms with E-state index in [0.29, 0.717) is 16.8 Å². The number of hydrogen-bond acceptors (Lipinski definition) is 4.